The number of hydrogen-bond acceptors (Lipinski definition) is 5. The number of carbonyl (C=O) groups is 4. The molecule has 1 heterocycles. The van der Waals surface area contributed by atoms with Crippen LogP contribution in [-0.4, -0.2) is 46.8 Å². The van der Waals surface area contributed by atoms with E-state index in [0.29, 0.717) is 11.2 Å². The quantitative estimate of drug-likeness (QED) is 0.585. The van der Waals surface area contributed by atoms with E-state index in [9.17, 15) is 19.2 Å². The summed E-state index contributed by atoms with van der Waals surface area (Å²) < 4.78 is 0. The van der Waals surface area contributed by atoms with Crippen LogP contribution >= 0.6 is 0 Å². The fourth-order valence-electron chi connectivity index (χ4n) is 2.16. The summed E-state index contributed by atoms with van der Waals surface area (Å²) in [6, 6.07) is 5.31. The van der Waals surface area contributed by atoms with Gasteiger partial charge in [-0.25, -0.2) is 0 Å². The maximum absolute atomic E-state index is 12.1. The second-order valence-electron chi connectivity index (χ2n) is 4.57. The summed E-state index contributed by atoms with van der Waals surface area (Å²) in [5.41, 5.74) is 0.376. The molecule has 1 unspecified atom stereocenters. The monoisotopic (exact) mass is 290 g/mol. The number of aliphatic hydroxyl groups excluding tert-OH is 1. The molecule has 7 heteroatoms. The van der Waals surface area contributed by atoms with E-state index in [4.69, 9.17) is 5.11 Å². The third-order valence-electron chi connectivity index (χ3n) is 3.29. The second-order valence-corrected chi connectivity index (χ2v) is 4.57. The average Bonchev–Trinajstić information content (AvgIpc) is 2.50. The number of hydrogen-bond donors (Lipinski definition) is 2. The van der Waals surface area contributed by atoms with E-state index < -0.39 is 30.5 Å². The molecule has 0 bridgehead atoms. The standard InChI is InChI=1S/C14H14N2O5/c17-7-9-3-1-2-4-10(9)13(20)15-11-5-6-12(19)16(8-18)14(11)21/h1-4,7,11,18H,5-6,8H2,(H,15,20). The predicted molar refractivity (Wildman–Crippen MR) is 71.3 cm³/mol. The SMILES string of the molecule is O=Cc1ccccc1C(=O)NC1CCC(=O)N(CO)C1=O. The Morgan fingerprint density at radius 1 is 1.38 bits per heavy atom. The van der Waals surface area contributed by atoms with Crippen LogP contribution in [0.4, 0.5) is 0 Å². The average molecular weight is 290 g/mol. The maximum Gasteiger partial charge on any atom is 0.253 e. The van der Waals surface area contributed by atoms with Gasteiger partial charge >= 0.3 is 0 Å². The molecule has 7 nitrogen and oxygen atoms in total. The van der Waals surface area contributed by atoms with Crippen molar-refractivity contribution in [2.75, 3.05) is 6.73 Å². The number of nitrogens with zero attached hydrogens (tertiary/aromatic N) is 1. The number of nitrogens with one attached hydrogen (secondary N) is 1. The van der Waals surface area contributed by atoms with Gasteiger partial charge in [0.25, 0.3) is 11.8 Å². The summed E-state index contributed by atoms with van der Waals surface area (Å²) in [4.78, 5) is 47.1. The van der Waals surface area contributed by atoms with Crippen molar-refractivity contribution in [1.29, 1.82) is 0 Å². The number of benzene rings is 1. The van der Waals surface area contributed by atoms with E-state index in [0.717, 1.165) is 0 Å². The van der Waals surface area contributed by atoms with E-state index in [1.54, 1.807) is 12.1 Å². The Kier molecular flexibility index (Phi) is 4.44. The van der Waals surface area contributed by atoms with Crippen molar-refractivity contribution in [3.05, 3.63) is 35.4 Å². The van der Waals surface area contributed by atoms with Gasteiger partial charge in [-0.05, 0) is 12.5 Å². The molecule has 1 aliphatic rings. The van der Waals surface area contributed by atoms with Crippen LogP contribution in [0.2, 0.25) is 0 Å². The molecule has 0 saturated carbocycles. The van der Waals surface area contributed by atoms with E-state index in [2.05, 4.69) is 5.32 Å². The molecule has 1 aliphatic heterocycles. The molecule has 1 aromatic carbocycles. The predicted octanol–water partition coefficient (Wildman–Crippen LogP) is -0.304. The summed E-state index contributed by atoms with van der Waals surface area (Å²) in [7, 11) is 0. The first-order chi connectivity index (χ1) is 10.1. The van der Waals surface area contributed by atoms with Crippen molar-refractivity contribution in [2.45, 2.75) is 18.9 Å². The molecule has 2 rings (SSSR count). The van der Waals surface area contributed by atoms with Crippen LogP contribution in [0.3, 0.4) is 0 Å². The van der Waals surface area contributed by atoms with Gasteiger partial charge in [0, 0.05) is 17.5 Å². The minimum Gasteiger partial charge on any atom is -0.376 e. The first-order valence-corrected chi connectivity index (χ1v) is 6.38. The Balaban J connectivity index is 2.14. The van der Waals surface area contributed by atoms with E-state index in [1.807, 2.05) is 0 Å². The molecule has 1 atom stereocenters. The zero-order chi connectivity index (χ0) is 15.4. The number of aldehydes is 1. The molecule has 2 N–H and O–H groups in total. The lowest BCUT2D eigenvalue weighted by molar-refractivity contribution is -0.154. The lowest BCUT2D eigenvalue weighted by atomic mass is 10.0. The van der Waals surface area contributed by atoms with Gasteiger partial charge < -0.3 is 10.4 Å². The van der Waals surface area contributed by atoms with Crippen molar-refractivity contribution in [2.24, 2.45) is 0 Å². The molecule has 0 radical (unpaired) electrons. The van der Waals surface area contributed by atoms with Gasteiger partial charge in [0.1, 0.15) is 12.8 Å². The fourth-order valence-corrected chi connectivity index (χ4v) is 2.16. The summed E-state index contributed by atoms with van der Waals surface area (Å²) in [5.74, 6) is -1.68. The third kappa shape index (κ3) is 2.97. The smallest absolute Gasteiger partial charge is 0.253 e. The van der Waals surface area contributed by atoms with Crippen molar-refractivity contribution >= 4 is 24.0 Å². The number of carbonyl (C=O) groups excluding carboxylic acids is 4. The minimum absolute atomic E-state index is 0.0621. The number of piperidine rings is 1. The van der Waals surface area contributed by atoms with Crippen molar-refractivity contribution in [3.8, 4) is 0 Å². The zero-order valence-electron chi connectivity index (χ0n) is 11.1. The first kappa shape index (κ1) is 14.9. The third-order valence-corrected chi connectivity index (χ3v) is 3.29. The Morgan fingerprint density at radius 2 is 2.10 bits per heavy atom. The number of imide groups is 1. The normalized spacial score (nSPS) is 18.5. The van der Waals surface area contributed by atoms with Crippen LogP contribution in [-0.2, 0) is 9.59 Å². The van der Waals surface area contributed by atoms with Crippen molar-refractivity contribution in [1.82, 2.24) is 10.2 Å². The molecule has 21 heavy (non-hydrogen) atoms. The van der Waals surface area contributed by atoms with Crippen LogP contribution < -0.4 is 5.32 Å². The molecular formula is C14H14N2O5. The van der Waals surface area contributed by atoms with Gasteiger partial charge in [0.05, 0.1) is 0 Å². The van der Waals surface area contributed by atoms with Crippen LogP contribution in [0.5, 0.6) is 0 Å². The summed E-state index contributed by atoms with van der Waals surface area (Å²) in [5, 5.41) is 11.5. The summed E-state index contributed by atoms with van der Waals surface area (Å²) >= 11 is 0. The Morgan fingerprint density at radius 3 is 2.76 bits per heavy atom. The van der Waals surface area contributed by atoms with E-state index in [1.165, 1.54) is 12.1 Å². The maximum atomic E-state index is 12.1. The molecule has 1 saturated heterocycles. The highest BCUT2D eigenvalue weighted by Crippen LogP contribution is 2.14. The Bertz CT molecular complexity index is 599. The first-order valence-electron chi connectivity index (χ1n) is 6.38. The molecule has 0 spiro atoms. The molecular weight excluding hydrogens is 276 g/mol. The minimum atomic E-state index is -0.887. The van der Waals surface area contributed by atoms with Gasteiger partial charge in [-0.1, -0.05) is 18.2 Å². The topological polar surface area (TPSA) is 104 Å². The Labute approximate surface area is 120 Å². The number of aliphatic hydroxyl groups is 1. The van der Waals surface area contributed by atoms with E-state index >= 15 is 0 Å². The van der Waals surface area contributed by atoms with Crippen LogP contribution in [0, 0.1) is 0 Å². The molecule has 110 valence electrons. The molecule has 0 aromatic heterocycles. The van der Waals surface area contributed by atoms with Gasteiger partial charge in [-0.3, -0.25) is 24.1 Å². The van der Waals surface area contributed by atoms with Crippen LogP contribution in [0.25, 0.3) is 0 Å². The molecule has 1 fully saturated rings. The molecule has 0 aliphatic carbocycles. The molecule has 3 amide bonds. The van der Waals surface area contributed by atoms with E-state index in [-0.39, 0.29) is 24.0 Å². The largest absolute Gasteiger partial charge is 0.376 e. The van der Waals surface area contributed by atoms with Gasteiger partial charge in [-0.2, -0.15) is 0 Å². The number of rotatable bonds is 4. The number of amides is 3. The highest BCUT2D eigenvalue weighted by molar-refractivity contribution is 6.06. The van der Waals surface area contributed by atoms with Gasteiger partial charge in [0.15, 0.2) is 6.29 Å². The van der Waals surface area contributed by atoms with Gasteiger partial charge in [0.2, 0.25) is 5.91 Å². The highest BCUT2D eigenvalue weighted by Gasteiger charge is 2.35. The van der Waals surface area contributed by atoms with Gasteiger partial charge in [-0.15, -0.1) is 0 Å². The second kappa shape index (κ2) is 6.27. The van der Waals surface area contributed by atoms with Crippen LogP contribution in [0.1, 0.15) is 33.6 Å². The van der Waals surface area contributed by atoms with Crippen molar-refractivity contribution < 1.29 is 24.3 Å². The zero-order valence-corrected chi connectivity index (χ0v) is 11.1. The Hall–Kier alpha value is -2.54. The summed E-state index contributed by atoms with van der Waals surface area (Å²) in [6.45, 7) is -0.713. The summed E-state index contributed by atoms with van der Waals surface area (Å²) in [6.07, 6.45) is 0.789. The lowest BCUT2D eigenvalue weighted by Gasteiger charge is -2.29. The fraction of sp³-hybridized carbons (Fsp3) is 0.286. The highest BCUT2D eigenvalue weighted by atomic mass is 16.3. The van der Waals surface area contributed by atoms with Crippen molar-refractivity contribution in [3.63, 3.8) is 0 Å². The lowest BCUT2D eigenvalue weighted by Crippen LogP contribution is -2.54. The number of likely N-dealkylation sites (tertiary alicyclic amines) is 1. The molecule has 1 aromatic rings. The van der Waals surface area contributed by atoms with Crippen LogP contribution in [0.15, 0.2) is 24.3 Å².